The lowest BCUT2D eigenvalue weighted by atomic mass is 9.95. The van der Waals surface area contributed by atoms with Gasteiger partial charge in [0.15, 0.2) is 0 Å². The maximum Gasteiger partial charge on any atom is 0.139 e. The van der Waals surface area contributed by atoms with Crippen LogP contribution in [0.4, 0.5) is 0 Å². The summed E-state index contributed by atoms with van der Waals surface area (Å²) in [5.41, 5.74) is 5.97. The molecule has 0 unspecified atom stereocenters. The maximum atomic E-state index is 8.66. The molecule has 1 aliphatic heterocycles. The molecule has 0 bridgehead atoms. The Morgan fingerprint density at radius 3 is 2.71 bits per heavy atom. The Kier molecular flexibility index (Phi) is 3.32. The molecule has 0 spiro atoms. The van der Waals surface area contributed by atoms with E-state index >= 15 is 0 Å². The van der Waals surface area contributed by atoms with E-state index in [0.29, 0.717) is 12.3 Å². The van der Waals surface area contributed by atoms with Crippen molar-refractivity contribution in [2.75, 3.05) is 26.3 Å². The summed E-state index contributed by atoms with van der Waals surface area (Å²) in [5, 5.41) is 11.8. The van der Waals surface area contributed by atoms with Gasteiger partial charge in [-0.25, -0.2) is 0 Å². The van der Waals surface area contributed by atoms with Gasteiger partial charge in [0.1, 0.15) is 5.84 Å². The number of ether oxygens (including phenoxy) is 1. The van der Waals surface area contributed by atoms with Crippen molar-refractivity contribution < 1.29 is 9.94 Å². The normalized spacial score (nSPS) is 28.0. The third kappa shape index (κ3) is 2.90. The minimum Gasteiger partial charge on any atom is -0.409 e. The number of oxime groups is 1. The summed E-state index contributed by atoms with van der Waals surface area (Å²) >= 11 is 0. The second-order valence-electron chi connectivity index (χ2n) is 6.05. The molecule has 0 radical (unpaired) electrons. The van der Waals surface area contributed by atoms with Crippen LogP contribution in [-0.4, -0.2) is 47.8 Å². The van der Waals surface area contributed by atoms with Crippen molar-refractivity contribution in [2.45, 2.75) is 38.6 Å². The molecule has 98 valence electrons. The minimum absolute atomic E-state index is 0.0962. The van der Waals surface area contributed by atoms with Gasteiger partial charge in [0, 0.05) is 25.0 Å². The van der Waals surface area contributed by atoms with Crippen LogP contribution >= 0.6 is 0 Å². The van der Waals surface area contributed by atoms with E-state index in [1.165, 1.54) is 12.8 Å². The van der Waals surface area contributed by atoms with E-state index in [9.17, 15) is 0 Å². The van der Waals surface area contributed by atoms with Crippen molar-refractivity contribution in [2.24, 2.45) is 16.3 Å². The number of amidine groups is 1. The lowest BCUT2D eigenvalue weighted by molar-refractivity contribution is -0.0588. The fraction of sp³-hybridized carbons (Fsp3) is 0.917. The summed E-state index contributed by atoms with van der Waals surface area (Å²) in [5.74, 6) is 0.355. The van der Waals surface area contributed by atoms with Crippen molar-refractivity contribution >= 4 is 5.84 Å². The molecule has 2 fully saturated rings. The van der Waals surface area contributed by atoms with Crippen LogP contribution in [0.3, 0.4) is 0 Å². The summed E-state index contributed by atoms with van der Waals surface area (Å²) < 4.78 is 5.52. The van der Waals surface area contributed by atoms with Gasteiger partial charge in [0.2, 0.25) is 0 Å². The molecular weight excluding hydrogens is 218 g/mol. The fourth-order valence-corrected chi connectivity index (χ4v) is 2.58. The maximum absolute atomic E-state index is 8.66. The van der Waals surface area contributed by atoms with E-state index in [1.807, 2.05) is 0 Å². The first-order valence-electron chi connectivity index (χ1n) is 6.27. The molecule has 0 aromatic carbocycles. The molecule has 1 saturated carbocycles. The van der Waals surface area contributed by atoms with Crippen LogP contribution in [0.15, 0.2) is 5.16 Å². The minimum atomic E-state index is 0.0962. The van der Waals surface area contributed by atoms with Crippen LogP contribution in [0.5, 0.6) is 0 Å². The van der Waals surface area contributed by atoms with Crippen molar-refractivity contribution in [3.63, 3.8) is 0 Å². The lowest BCUT2D eigenvalue weighted by Gasteiger charge is -2.44. The molecule has 2 aliphatic rings. The Morgan fingerprint density at radius 2 is 2.18 bits per heavy atom. The van der Waals surface area contributed by atoms with Gasteiger partial charge in [-0.3, -0.25) is 4.90 Å². The number of hydrogen-bond donors (Lipinski definition) is 2. The summed E-state index contributed by atoms with van der Waals surface area (Å²) in [7, 11) is 0. The summed E-state index contributed by atoms with van der Waals surface area (Å²) in [6.07, 6.45) is 3.06. The van der Waals surface area contributed by atoms with Gasteiger partial charge >= 0.3 is 0 Å². The summed E-state index contributed by atoms with van der Waals surface area (Å²) in [6.45, 7) is 8.03. The van der Waals surface area contributed by atoms with Crippen molar-refractivity contribution in [1.82, 2.24) is 4.90 Å². The Labute approximate surface area is 103 Å². The van der Waals surface area contributed by atoms with Crippen LogP contribution in [-0.2, 0) is 4.74 Å². The van der Waals surface area contributed by atoms with E-state index < -0.39 is 0 Å². The van der Waals surface area contributed by atoms with Gasteiger partial charge in [-0.05, 0) is 32.1 Å². The number of hydrogen-bond acceptors (Lipinski definition) is 4. The Bertz CT molecular complexity index is 311. The zero-order valence-electron chi connectivity index (χ0n) is 10.8. The predicted molar refractivity (Wildman–Crippen MR) is 66.2 cm³/mol. The van der Waals surface area contributed by atoms with Gasteiger partial charge in [-0.2, -0.15) is 0 Å². The van der Waals surface area contributed by atoms with E-state index in [4.69, 9.17) is 15.7 Å². The molecule has 17 heavy (non-hydrogen) atoms. The first kappa shape index (κ1) is 12.6. The first-order chi connectivity index (χ1) is 7.97. The van der Waals surface area contributed by atoms with Gasteiger partial charge < -0.3 is 15.7 Å². The second kappa shape index (κ2) is 4.46. The second-order valence-corrected chi connectivity index (χ2v) is 6.05. The number of rotatable bonds is 4. The molecule has 1 saturated heterocycles. The highest BCUT2D eigenvalue weighted by Gasteiger charge is 2.47. The molecule has 3 N–H and O–H groups in total. The van der Waals surface area contributed by atoms with E-state index in [1.54, 1.807) is 0 Å². The predicted octanol–water partition coefficient (Wildman–Crippen LogP) is 1.01. The topological polar surface area (TPSA) is 71.1 Å². The monoisotopic (exact) mass is 241 g/mol. The summed E-state index contributed by atoms with van der Waals surface area (Å²) in [4.78, 5) is 2.48. The zero-order valence-corrected chi connectivity index (χ0v) is 10.8. The molecule has 0 atom stereocenters. The lowest BCUT2D eigenvalue weighted by Crippen LogP contribution is -2.54. The molecule has 2 rings (SSSR count). The largest absolute Gasteiger partial charge is 0.409 e. The van der Waals surface area contributed by atoms with Crippen molar-refractivity contribution in [3.8, 4) is 0 Å². The standard InChI is InChI=1S/C12H23N3O2/c1-11(2)9-17-6-5-15(11)8-12(3-4-12)7-10(13)14-16/h16H,3-9H2,1-2H3,(H2,13,14). The quantitative estimate of drug-likeness (QED) is 0.333. The SMILES string of the molecule is CC1(C)COCCN1CC1(CC(N)=NO)CC1. The average molecular weight is 241 g/mol. The molecule has 0 amide bonds. The number of nitrogens with zero attached hydrogens (tertiary/aromatic N) is 2. The Morgan fingerprint density at radius 1 is 1.47 bits per heavy atom. The molecule has 5 heteroatoms. The number of morpholine rings is 1. The molecule has 1 heterocycles. The van der Waals surface area contributed by atoms with E-state index in [-0.39, 0.29) is 11.0 Å². The van der Waals surface area contributed by atoms with Gasteiger partial charge in [0.25, 0.3) is 0 Å². The van der Waals surface area contributed by atoms with Gasteiger partial charge in [0.05, 0.1) is 13.2 Å². The van der Waals surface area contributed by atoms with Crippen LogP contribution in [0, 0.1) is 5.41 Å². The van der Waals surface area contributed by atoms with Crippen molar-refractivity contribution in [3.05, 3.63) is 0 Å². The smallest absolute Gasteiger partial charge is 0.139 e. The van der Waals surface area contributed by atoms with Gasteiger partial charge in [-0.1, -0.05) is 5.16 Å². The van der Waals surface area contributed by atoms with Crippen LogP contribution in [0.1, 0.15) is 33.1 Å². The molecular formula is C12H23N3O2. The summed E-state index contributed by atoms with van der Waals surface area (Å²) in [6, 6.07) is 0. The van der Waals surface area contributed by atoms with Crippen LogP contribution in [0.2, 0.25) is 0 Å². The van der Waals surface area contributed by atoms with Crippen LogP contribution < -0.4 is 5.73 Å². The number of nitrogens with two attached hydrogens (primary N) is 1. The Balaban J connectivity index is 1.96. The van der Waals surface area contributed by atoms with E-state index in [0.717, 1.165) is 26.3 Å². The Hall–Kier alpha value is -0.810. The highest BCUT2D eigenvalue weighted by molar-refractivity contribution is 5.80. The molecule has 5 nitrogen and oxygen atoms in total. The highest BCUT2D eigenvalue weighted by Crippen LogP contribution is 2.50. The average Bonchev–Trinajstić information content (AvgIpc) is 3.01. The highest BCUT2D eigenvalue weighted by atomic mass is 16.5. The van der Waals surface area contributed by atoms with Crippen LogP contribution in [0.25, 0.3) is 0 Å². The molecule has 0 aromatic heterocycles. The molecule has 0 aromatic rings. The molecule has 1 aliphatic carbocycles. The third-order valence-corrected chi connectivity index (χ3v) is 3.98. The van der Waals surface area contributed by atoms with Gasteiger partial charge in [-0.15, -0.1) is 0 Å². The van der Waals surface area contributed by atoms with Crippen molar-refractivity contribution in [1.29, 1.82) is 0 Å². The zero-order chi connectivity index (χ0) is 12.5. The van der Waals surface area contributed by atoms with E-state index in [2.05, 4.69) is 23.9 Å². The fourth-order valence-electron chi connectivity index (χ4n) is 2.58. The first-order valence-corrected chi connectivity index (χ1v) is 6.27. The third-order valence-electron chi connectivity index (χ3n) is 3.98.